The Balaban J connectivity index is 0.000000257. The standard InChI is InChI=1S/C20H27NO4S.C14H17NO3S/c1-13(2)10-14(19(24)25-20(3,4)5)11-15(22)12-21-18(23)16-8-6-7-9-17(16)26-21;1-18-9-5-4-6-11(16)10-15-14(17)12-7-2-3-8-13(12)19-15/h6-9,13-14H,10-12H2,1-5H3;2-3,7-8H,4-6,9-10H2,1H3. The Labute approximate surface area is 272 Å². The van der Waals surface area contributed by atoms with E-state index in [1.165, 1.54) is 27.0 Å². The number of hydrogen-bond donors (Lipinski definition) is 0. The summed E-state index contributed by atoms with van der Waals surface area (Å²) in [4.78, 5) is 61.2. The van der Waals surface area contributed by atoms with Gasteiger partial charge in [0.05, 0.1) is 39.2 Å². The number of aromatic nitrogens is 2. The molecule has 0 N–H and O–H groups in total. The van der Waals surface area contributed by atoms with Crippen LogP contribution < -0.4 is 11.1 Å². The number of Topliss-reactive ketones (excluding diaryl/α,β-unsaturated/α-hetero) is 2. The number of nitrogens with zero attached hydrogens (tertiary/aromatic N) is 2. The second kappa shape index (κ2) is 16.8. The fourth-order valence-electron chi connectivity index (χ4n) is 4.77. The van der Waals surface area contributed by atoms with E-state index in [1.54, 1.807) is 23.2 Å². The van der Waals surface area contributed by atoms with E-state index in [0.717, 1.165) is 22.2 Å². The van der Waals surface area contributed by atoms with Crippen molar-refractivity contribution in [2.45, 2.75) is 85.4 Å². The molecule has 0 fully saturated rings. The number of benzene rings is 2. The summed E-state index contributed by atoms with van der Waals surface area (Å²) in [6, 6.07) is 14.7. The maximum Gasteiger partial charge on any atom is 0.309 e. The number of hydrogen-bond acceptors (Lipinski definition) is 9. The summed E-state index contributed by atoms with van der Waals surface area (Å²) in [6.07, 6.45) is 2.87. The second-order valence-corrected chi connectivity index (χ2v) is 14.6. The molecule has 2 aromatic heterocycles. The molecule has 0 amide bonds. The number of ether oxygens (including phenoxy) is 2. The lowest BCUT2D eigenvalue weighted by molar-refractivity contribution is -0.161. The van der Waals surface area contributed by atoms with Crippen LogP contribution in [0.15, 0.2) is 58.1 Å². The molecule has 0 spiro atoms. The summed E-state index contributed by atoms with van der Waals surface area (Å²) < 4.78 is 15.2. The van der Waals surface area contributed by atoms with Crippen LogP contribution in [-0.4, -0.2) is 44.8 Å². The summed E-state index contributed by atoms with van der Waals surface area (Å²) in [5.41, 5.74) is -0.805. The molecule has 4 aromatic rings. The lowest BCUT2D eigenvalue weighted by Gasteiger charge is -2.24. The molecule has 244 valence electrons. The van der Waals surface area contributed by atoms with Gasteiger partial charge in [0, 0.05) is 26.6 Å². The first-order valence-electron chi connectivity index (χ1n) is 15.2. The summed E-state index contributed by atoms with van der Waals surface area (Å²) in [5.74, 6) is -0.581. The van der Waals surface area contributed by atoms with Gasteiger partial charge < -0.3 is 9.47 Å². The molecule has 0 saturated carbocycles. The summed E-state index contributed by atoms with van der Waals surface area (Å²) in [5, 5.41) is 1.32. The molecule has 2 heterocycles. The van der Waals surface area contributed by atoms with Gasteiger partial charge in [-0.2, -0.15) is 0 Å². The fourth-order valence-corrected chi connectivity index (χ4v) is 6.81. The highest BCUT2D eigenvalue weighted by atomic mass is 32.1. The molecule has 0 aliphatic carbocycles. The van der Waals surface area contributed by atoms with Crippen LogP contribution in [0.4, 0.5) is 0 Å². The molecule has 0 aliphatic heterocycles. The Hall–Kier alpha value is -3.41. The van der Waals surface area contributed by atoms with Gasteiger partial charge in [0.1, 0.15) is 5.60 Å². The topological polar surface area (TPSA) is 114 Å². The molecule has 9 nitrogen and oxygen atoms in total. The minimum atomic E-state index is -0.586. The van der Waals surface area contributed by atoms with Crippen molar-refractivity contribution in [3.8, 4) is 0 Å². The number of carbonyl (C=O) groups is 3. The van der Waals surface area contributed by atoms with Crippen LogP contribution in [0.25, 0.3) is 20.2 Å². The van der Waals surface area contributed by atoms with Gasteiger partial charge in [0.15, 0.2) is 11.6 Å². The Kier molecular flexibility index (Phi) is 13.4. The van der Waals surface area contributed by atoms with E-state index in [2.05, 4.69) is 0 Å². The van der Waals surface area contributed by atoms with Crippen LogP contribution in [0.3, 0.4) is 0 Å². The molecule has 0 saturated heterocycles. The van der Waals surface area contributed by atoms with Gasteiger partial charge in [0.2, 0.25) is 0 Å². The summed E-state index contributed by atoms with van der Waals surface area (Å²) in [7, 11) is 1.65. The number of carbonyl (C=O) groups excluding carboxylic acids is 3. The monoisotopic (exact) mass is 656 g/mol. The molecular weight excluding hydrogens is 613 g/mol. The Morgan fingerprint density at radius 2 is 1.31 bits per heavy atom. The predicted octanol–water partition coefficient (Wildman–Crippen LogP) is 6.48. The van der Waals surface area contributed by atoms with E-state index in [4.69, 9.17) is 9.47 Å². The maximum absolute atomic E-state index is 12.5. The van der Waals surface area contributed by atoms with Crippen molar-refractivity contribution in [2.24, 2.45) is 11.8 Å². The molecule has 2 aromatic carbocycles. The second-order valence-electron chi connectivity index (χ2n) is 12.4. The first-order chi connectivity index (χ1) is 21.3. The van der Waals surface area contributed by atoms with Crippen LogP contribution in [0, 0.1) is 11.8 Å². The third-order valence-corrected chi connectivity index (χ3v) is 8.91. The predicted molar refractivity (Wildman–Crippen MR) is 181 cm³/mol. The zero-order valence-electron chi connectivity index (χ0n) is 27.0. The van der Waals surface area contributed by atoms with E-state index < -0.39 is 11.5 Å². The molecule has 1 atom stereocenters. The Morgan fingerprint density at radius 1 is 0.800 bits per heavy atom. The van der Waals surface area contributed by atoms with Crippen LogP contribution >= 0.6 is 23.1 Å². The van der Waals surface area contributed by atoms with Gasteiger partial charge in [-0.25, -0.2) is 0 Å². The van der Waals surface area contributed by atoms with Crippen molar-refractivity contribution in [2.75, 3.05) is 13.7 Å². The van der Waals surface area contributed by atoms with Crippen LogP contribution in [0.2, 0.25) is 0 Å². The number of ketones is 2. The molecule has 4 rings (SSSR count). The molecule has 1 unspecified atom stereocenters. The van der Waals surface area contributed by atoms with E-state index in [0.29, 0.717) is 30.2 Å². The van der Waals surface area contributed by atoms with Crippen molar-refractivity contribution >= 4 is 60.8 Å². The van der Waals surface area contributed by atoms with Crippen molar-refractivity contribution in [1.29, 1.82) is 0 Å². The van der Waals surface area contributed by atoms with Crippen molar-refractivity contribution in [3.05, 3.63) is 69.2 Å². The summed E-state index contributed by atoms with van der Waals surface area (Å²) >= 11 is 2.63. The van der Waals surface area contributed by atoms with E-state index >= 15 is 0 Å². The number of rotatable bonds is 14. The average molecular weight is 657 g/mol. The molecule has 11 heteroatoms. The van der Waals surface area contributed by atoms with Gasteiger partial charge in [-0.3, -0.25) is 31.9 Å². The number of fused-ring (bicyclic) bond motifs is 2. The quantitative estimate of drug-likeness (QED) is 0.113. The maximum atomic E-state index is 12.5. The number of esters is 1. The van der Waals surface area contributed by atoms with Gasteiger partial charge in [-0.05, 0) is 70.2 Å². The molecular formula is C34H44N2O7S2. The van der Waals surface area contributed by atoms with Crippen LogP contribution in [0.5, 0.6) is 0 Å². The Bertz CT molecular complexity index is 1700. The van der Waals surface area contributed by atoms with Gasteiger partial charge >= 0.3 is 5.97 Å². The highest BCUT2D eigenvalue weighted by molar-refractivity contribution is 7.14. The highest BCUT2D eigenvalue weighted by Crippen LogP contribution is 2.22. The fraction of sp³-hybridized carbons (Fsp3) is 0.500. The van der Waals surface area contributed by atoms with Gasteiger partial charge in [0.25, 0.3) is 11.1 Å². The molecule has 45 heavy (non-hydrogen) atoms. The van der Waals surface area contributed by atoms with Crippen LogP contribution in [-0.2, 0) is 36.9 Å². The largest absolute Gasteiger partial charge is 0.460 e. The lowest BCUT2D eigenvalue weighted by Crippen LogP contribution is -2.31. The molecule has 0 bridgehead atoms. The zero-order chi connectivity index (χ0) is 33.1. The van der Waals surface area contributed by atoms with Crippen LogP contribution in [0.1, 0.15) is 66.7 Å². The smallest absolute Gasteiger partial charge is 0.309 e. The zero-order valence-corrected chi connectivity index (χ0v) is 28.6. The third-order valence-electron chi connectivity index (χ3n) is 6.77. The highest BCUT2D eigenvalue weighted by Gasteiger charge is 2.28. The molecule has 0 aliphatic rings. The van der Waals surface area contributed by atoms with E-state index in [1.807, 2.05) is 71.0 Å². The lowest BCUT2D eigenvalue weighted by atomic mass is 9.92. The Morgan fingerprint density at radius 3 is 1.78 bits per heavy atom. The normalized spacial score (nSPS) is 12.2. The van der Waals surface area contributed by atoms with E-state index in [9.17, 15) is 24.0 Å². The third kappa shape index (κ3) is 11.2. The molecule has 0 radical (unpaired) electrons. The van der Waals surface area contributed by atoms with Gasteiger partial charge in [-0.1, -0.05) is 61.2 Å². The van der Waals surface area contributed by atoms with E-state index in [-0.39, 0.29) is 54.1 Å². The van der Waals surface area contributed by atoms with Crippen molar-refractivity contribution in [3.63, 3.8) is 0 Å². The SMILES string of the molecule is CC(C)CC(CC(=O)Cn1sc2ccccc2c1=O)C(=O)OC(C)(C)C.COCCCCC(=O)Cn1sc2ccccc2c1=O. The first-order valence-corrected chi connectivity index (χ1v) is 16.8. The van der Waals surface area contributed by atoms with Crippen molar-refractivity contribution in [1.82, 2.24) is 7.91 Å². The minimum absolute atomic E-state index is 0.00439. The number of methoxy groups -OCH3 is 1. The first kappa shape index (κ1) is 36.1. The minimum Gasteiger partial charge on any atom is -0.460 e. The van der Waals surface area contributed by atoms with Gasteiger partial charge in [-0.15, -0.1) is 0 Å². The number of unbranched alkanes of at least 4 members (excludes halogenated alkanes) is 1. The average Bonchev–Trinajstić information content (AvgIpc) is 3.45. The van der Waals surface area contributed by atoms with Crippen molar-refractivity contribution < 1.29 is 23.9 Å². The summed E-state index contributed by atoms with van der Waals surface area (Å²) in [6.45, 7) is 10.3.